The van der Waals surface area contributed by atoms with Crippen molar-refractivity contribution in [1.82, 2.24) is 5.32 Å². The van der Waals surface area contributed by atoms with Crippen LogP contribution in [0, 0.1) is 10.8 Å². The summed E-state index contributed by atoms with van der Waals surface area (Å²) >= 11 is 0. The van der Waals surface area contributed by atoms with Crippen LogP contribution in [-0.2, 0) is 30.5 Å². The van der Waals surface area contributed by atoms with E-state index in [0.29, 0.717) is 11.0 Å². The van der Waals surface area contributed by atoms with Crippen molar-refractivity contribution in [3.63, 3.8) is 0 Å². The van der Waals surface area contributed by atoms with Gasteiger partial charge in [-0.05, 0) is 42.6 Å². The van der Waals surface area contributed by atoms with Crippen molar-refractivity contribution in [2.45, 2.75) is 91.4 Å². The lowest BCUT2D eigenvalue weighted by molar-refractivity contribution is -0.873. The van der Waals surface area contributed by atoms with Crippen molar-refractivity contribution in [2.75, 3.05) is 27.7 Å². The lowest BCUT2D eigenvalue weighted by Crippen LogP contribution is -2.54. The van der Waals surface area contributed by atoms with Crippen LogP contribution in [-0.4, -0.2) is 61.7 Å². The van der Waals surface area contributed by atoms with Gasteiger partial charge in [0.2, 0.25) is 5.91 Å². The quantitative estimate of drug-likeness (QED) is 0.352. The molecule has 0 saturated heterocycles. The molecule has 1 amide bonds. The van der Waals surface area contributed by atoms with Crippen LogP contribution in [0.3, 0.4) is 0 Å². The zero-order valence-corrected chi connectivity index (χ0v) is 23.6. The van der Waals surface area contributed by atoms with Crippen molar-refractivity contribution in [3.8, 4) is 0 Å². The number of hydrogen-bond acceptors (Lipinski definition) is 5. The third-order valence-corrected chi connectivity index (χ3v) is 6.38. The molecule has 7 nitrogen and oxygen atoms in total. The van der Waals surface area contributed by atoms with E-state index >= 15 is 0 Å². The lowest BCUT2D eigenvalue weighted by atomic mass is 9.59. The number of benzene rings is 1. The van der Waals surface area contributed by atoms with Crippen LogP contribution in [0.2, 0.25) is 0 Å². The van der Waals surface area contributed by atoms with Crippen molar-refractivity contribution in [1.29, 1.82) is 0 Å². The fourth-order valence-corrected chi connectivity index (χ4v) is 6.28. The van der Waals surface area contributed by atoms with Crippen LogP contribution in [0.4, 0.5) is 0 Å². The first-order valence-electron chi connectivity index (χ1n) is 13.0. The molecule has 1 N–H and O–H groups in total. The van der Waals surface area contributed by atoms with Crippen molar-refractivity contribution >= 4 is 17.8 Å². The highest BCUT2D eigenvalue weighted by Gasteiger charge is 2.45. The molecule has 0 spiro atoms. The average molecular weight is 504 g/mol. The summed E-state index contributed by atoms with van der Waals surface area (Å²) in [6, 6.07) is 9.45. The molecule has 1 saturated carbocycles. The maximum atomic E-state index is 12.8. The first kappa shape index (κ1) is 29.8. The van der Waals surface area contributed by atoms with Gasteiger partial charge >= 0.3 is 11.9 Å². The number of quaternary nitrogens is 1. The number of carbonyl (C=O) groups is 3. The minimum atomic E-state index is -0.624. The Balaban J connectivity index is 1.87. The molecule has 202 valence electrons. The van der Waals surface area contributed by atoms with E-state index in [1.54, 1.807) is 0 Å². The summed E-state index contributed by atoms with van der Waals surface area (Å²) in [6.07, 6.45) is 2.29. The Morgan fingerprint density at radius 1 is 0.889 bits per heavy atom. The van der Waals surface area contributed by atoms with E-state index in [2.05, 4.69) is 39.9 Å². The van der Waals surface area contributed by atoms with E-state index in [-0.39, 0.29) is 48.1 Å². The van der Waals surface area contributed by atoms with Gasteiger partial charge in [0.1, 0.15) is 13.2 Å². The van der Waals surface area contributed by atoms with Crippen molar-refractivity contribution in [3.05, 3.63) is 35.9 Å². The number of likely N-dealkylation sites (N-methyl/N-ethyl adjacent to an activating group) is 1. The molecule has 1 atom stereocenters. The number of carbonyl (C=O) groups excluding carboxylic acids is 3. The van der Waals surface area contributed by atoms with Crippen LogP contribution in [0.25, 0.3) is 0 Å². The SMILES string of the molecule is CC1(C)CC(C)(C)CC(C)(NC(=O)CCC(=O)O[C@@H](CC(=O)OCc2ccccc2)C[N+](C)(C)C)C1. The van der Waals surface area contributed by atoms with Crippen LogP contribution in [0.1, 0.15) is 78.7 Å². The summed E-state index contributed by atoms with van der Waals surface area (Å²) < 4.78 is 11.5. The summed E-state index contributed by atoms with van der Waals surface area (Å²) in [7, 11) is 5.91. The zero-order chi connectivity index (χ0) is 27.2. The number of hydrogen-bond donors (Lipinski definition) is 1. The van der Waals surface area contributed by atoms with E-state index in [1.165, 1.54) is 0 Å². The molecule has 36 heavy (non-hydrogen) atoms. The van der Waals surface area contributed by atoms with Crippen molar-refractivity contribution in [2.24, 2.45) is 10.8 Å². The predicted octanol–water partition coefficient (Wildman–Crippen LogP) is 4.63. The number of nitrogens with zero attached hydrogens (tertiary/aromatic N) is 1. The molecule has 7 heteroatoms. The van der Waals surface area contributed by atoms with E-state index < -0.39 is 18.0 Å². The van der Waals surface area contributed by atoms with Gasteiger partial charge in [0.15, 0.2) is 6.10 Å². The highest BCUT2D eigenvalue weighted by atomic mass is 16.6. The van der Waals surface area contributed by atoms with Gasteiger partial charge in [-0.1, -0.05) is 58.0 Å². The summed E-state index contributed by atoms with van der Waals surface area (Å²) in [6.45, 7) is 11.7. The normalized spacial score (nSPS) is 19.1. The molecular formula is C29H47N2O5+. The minimum Gasteiger partial charge on any atom is -0.461 e. The Kier molecular flexibility index (Phi) is 9.74. The maximum Gasteiger partial charge on any atom is 0.310 e. The topological polar surface area (TPSA) is 81.7 Å². The standard InChI is InChI=1S/C29H46N2O5/c1-27(2)19-28(3,4)21-29(5,20-27)30-24(32)14-15-25(33)36-23(17-31(6,7)8)16-26(34)35-18-22-12-10-9-11-13-22/h9-13,23H,14-21H2,1-8H3/p+1/t23-/m0/s1. The molecule has 0 bridgehead atoms. The highest BCUT2D eigenvalue weighted by Crippen LogP contribution is 2.49. The summed E-state index contributed by atoms with van der Waals surface area (Å²) in [5.74, 6) is -1.04. The van der Waals surface area contributed by atoms with Crippen LogP contribution in [0.5, 0.6) is 0 Å². The predicted molar refractivity (Wildman–Crippen MR) is 141 cm³/mol. The molecular weight excluding hydrogens is 456 g/mol. The first-order chi connectivity index (χ1) is 16.5. The Labute approximate surface area is 217 Å². The second kappa shape index (κ2) is 11.8. The van der Waals surface area contributed by atoms with Gasteiger partial charge in [-0.3, -0.25) is 14.4 Å². The Morgan fingerprint density at radius 3 is 2.03 bits per heavy atom. The molecule has 0 aliphatic heterocycles. The number of nitrogens with one attached hydrogen (secondary N) is 1. The number of amides is 1. The molecule has 1 aromatic rings. The average Bonchev–Trinajstić information content (AvgIpc) is 2.67. The molecule has 0 aromatic heterocycles. The zero-order valence-electron chi connectivity index (χ0n) is 23.6. The molecule has 0 radical (unpaired) electrons. The van der Waals surface area contributed by atoms with E-state index in [4.69, 9.17) is 9.47 Å². The summed E-state index contributed by atoms with van der Waals surface area (Å²) in [4.78, 5) is 37.8. The fourth-order valence-electron chi connectivity index (χ4n) is 6.28. The van der Waals surface area contributed by atoms with Crippen LogP contribution < -0.4 is 5.32 Å². The second-order valence-electron chi connectivity index (χ2n) is 13.4. The van der Waals surface area contributed by atoms with Crippen molar-refractivity contribution < 1.29 is 28.3 Å². The van der Waals surface area contributed by atoms with Crippen LogP contribution >= 0.6 is 0 Å². The van der Waals surface area contributed by atoms with E-state index in [9.17, 15) is 14.4 Å². The Morgan fingerprint density at radius 2 is 1.47 bits per heavy atom. The highest BCUT2D eigenvalue weighted by molar-refractivity contribution is 5.82. The Bertz CT molecular complexity index is 886. The summed E-state index contributed by atoms with van der Waals surface area (Å²) in [5.41, 5.74) is 0.864. The minimum absolute atomic E-state index is 0.0253. The molecule has 0 unspecified atom stereocenters. The first-order valence-corrected chi connectivity index (χ1v) is 13.0. The lowest BCUT2D eigenvalue weighted by Gasteiger charge is -2.51. The molecule has 0 heterocycles. The van der Waals surface area contributed by atoms with Gasteiger partial charge in [-0.2, -0.15) is 0 Å². The van der Waals surface area contributed by atoms with Gasteiger partial charge in [-0.15, -0.1) is 0 Å². The van der Waals surface area contributed by atoms with Gasteiger partial charge in [0.05, 0.1) is 34.0 Å². The largest absolute Gasteiger partial charge is 0.461 e. The third kappa shape index (κ3) is 11.1. The van der Waals surface area contributed by atoms with E-state index in [1.807, 2.05) is 51.5 Å². The number of esters is 2. The molecule has 1 fully saturated rings. The van der Waals surface area contributed by atoms with Gasteiger partial charge in [0, 0.05) is 12.0 Å². The monoisotopic (exact) mass is 503 g/mol. The molecule has 1 aliphatic rings. The van der Waals surface area contributed by atoms with Crippen LogP contribution in [0.15, 0.2) is 30.3 Å². The third-order valence-electron chi connectivity index (χ3n) is 6.38. The Hall–Kier alpha value is -2.41. The number of ether oxygens (including phenoxy) is 2. The number of rotatable bonds is 11. The smallest absolute Gasteiger partial charge is 0.310 e. The molecule has 1 aliphatic carbocycles. The van der Waals surface area contributed by atoms with Gasteiger partial charge in [-0.25, -0.2) is 0 Å². The summed E-state index contributed by atoms with van der Waals surface area (Å²) in [5, 5.41) is 3.19. The van der Waals surface area contributed by atoms with Gasteiger partial charge in [0.25, 0.3) is 0 Å². The maximum absolute atomic E-state index is 12.8. The van der Waals surface area contributed by atoms with E-state index in [0.717, 1.165) is 24.8 Å². The fraction of sp³-hybridized carbons (Fsp3) is 0.690. The second-order valence-corrected chi connectivity index (χ2v) is 13.4. The molecule has 2 rings (SSSR count). The molecule has 1 aromatic carbocycles. The van der Waals surface area contributed by atoms with Gasteiger partial charge < -0.3 is 19.3 Å².